The molecule has 0 bridgehead atoms. The highest BCUT2D eigenvalue weighted by Gasteiger charge is 2.22. The van der Waals surface area contributed by atoms with Crippen LogP contribution >= 0.6 is 11.6 Å². The van der Waals surface area contributed by atoms with Gasteiger partial charge in [0.1, 0.15) is 10.6 Å². The minimum absolute atomic E-state index is 0.0364. The summed E-state index contributed by atoms with van der Waals surface area (Å²) >= 11 is 6.21. The van der Waals surface area contributed by atoms with Crippen LogP contribution in [-0.4, -0.2) is 32.8 Å². The number of sulfonamides is 1. The number of benzene rings is 2. The van der Waals surface area contributed by atoms with Crippen LogP contribution in [-0.2, 0) is 14.8 Å². The van der Waals surface area contributed by atoms with Gasteiger partial charge in [0.2, 0.25) is 0 Å². The topological polar surface area (TPSA) is 102 Å². The molecule has 0 aliphatic heterocycles. The molecule has 7 nitrogen and oxygen atoms in total. The Bertz CT molecular complexity index is 1090. The molecule has 1 amide bonds. The number of anilines is 1. The average Bonchev–Trinajstić information content (AvgIpc) is 2.73. The summed E-state index contributed by atoms with van der Waals surface area (Å²) < 4.78 is 33.9. The van der Waals surface area contributed by atoms with Crippen LogP contribution in [0.4, 0.5) is 5.69 Å². The molecule has 0 radical (unpaired) electrons. The first kappa shape index (κ1) is 24.1. The van der Waals surface area contributed by atoms with Crippen molar-refractivity contribution in [1.29, 1.82) is 0 Å². The number of halogens is 1. The van der Waals surface area contributed by atoms with Gasteiger partial charge >= 0.3 is 0 Å². The molecule has 0 spiro atoms. The van der Waals surface area contributed by atoms with E-state index < -0.39 is 10.0 Å². The molecular formula is C23H27ClN2O5S. The first-order valence-corrected chi connectivity index (χ1v) is 12.4. The van der Waals surface area contributed by atoms with Crippen LogP contribution in [0.1, 0.15) is 54.9 Å². The van der Waals surface area contributed by atoms with E-state index in [0.29, 0.717) is 16.8 Å². The fourth-order valence-electron chi connectivity index (χ4n) is 3.64. The predicted octanol–water partition coefficient (Wildman–Crippen LogP) is 4.48. The number of carbonyl (C=O) groups is 2. The second-order valence-electron chi connectivity index (χ2n) is 7.98. The van der Waals surface area contributed by atoms with E-state index in [4.69, 9.17) is 16.3 Å². The third kappa shape index (κ3) is 6.23. The van der Waals surface area contributed by atoms with Crippen molar-refractivity contribution in [3.63, 3.8) is 0 Å². The number of aryl methyl sites for hydroxylation is 1. The van der Waals surface area contributed by atoms with Gasteiger partial charge < -0.3 is 10.1 Å². The molecule has 172 valence electrons. The molecule has 9 heteroatoms. The van der Waals surface area contributed by atoms with Gasteiger partial charge in [-0.25, -0.2) is 8.42 Å². The molecular weight excluding hydrogens is 452 g/mol. The average molecular weight is 479 g/mol. The van der Waals surface area contributed by atoms with Crippen molar-refractivity contribution in [2.24, 2.45) is 0 Å². The van der Waals surface area contributed by atoms with E-state index in [1.807, 2.05) is 0 Å². The lowest BCUT2D eigenvalue weighted by Crippen LogP contribution is -2.39. The van der Waals surface area contributed by atoms with Gasteiger partial charge in [0.15, 0.2) is 12.4 Å². The van der Waals surface area contributed by atoms with Crippen LogP contribution in [0.2, 0.25) is 5.02 Å². The van der Waals surface area contributed by atoms with Crippen LogP contribution in [0.5, 0.6) is 5.75 Å². The minimum Gasteiger partial charge on any atom is -0.483 e. The second-order valence-corrected chi connectivity index (χ2v) is 10.0. The van der Waals surface area contributed by atoms with Crippen LogP contribution in [0.25, 0.3) is 0 Å². The fraction of sp³-hybridized carbons (Fsp3) is 0.391. The first-order valence-electron chi connectivity index (χ1n) is 10.5. The number of hydrogen-bond acceptors (Lipinski definition) is 5. The molecule has 1 aliphatic rings. The Morgan fingerprint density at radius 3 is 2.38 bits per heavy atom. The van der Waals surface area contributed by atoms with Gasteiger partial charge in [0, 0.05) is 23.4 Å². The van der Waals surface area contributed by atoms with Gasteiger partial charge in [-0.05, 0) is 62.6 Å². The summed E-state index contributed by atoms with van der Waals surface area (Å²) in [5.41, 5.74) is 1.38. The van der Waals surface area contributed by atoms with Crippen LogP contribution in [0, 0.1) is 6.92 Å². The smallest absolute Gasteiger partial charge is 0.263 e. The zero-order valence-electron chi connectivity index (χ0n) is 18.1. The largest absolute Gasteiger partial charge is 0.483 e. The Labute approximate surface area is 193 Å². The number of carbonyl (C=O) groups excluding carboxylic acids is 2. The van der Waals surface area contributed by atoms with Crippen molar-refractivity contribution in [2.45, 2.75) is 56.9 Å². The minimum atomic E-state index is -4.03. The lowest BCUT2D eigenvalue weighted by Gasteiger charge is -2.22. The molecule has 0 saturated heterocycles. The van der Waals surface area contributed by atoms with E-state index in [0.717, 1.165) is 25.7 Å². The molecule has 0 heterocycles. The van der Waals surface area contributed by atoms with Gasteiger partial charge in [-0.2, -0.15) is 0 Å². The van der Waals surface area contributed by atoms with E-state index in [1.54, 1.807) is 6.92 Å². The highest BCUT2D eigenvalue weighted by Crippen LogP contribution is 2.31. The molecule has 0 unspecified atom stereocenters. The monoisotopic (exact) mass is 478 g/mol. The zero-order valence-corrected chi connectivity index (χ0v) is 19.7. The number of hydrogen-bond donors (Lipinski definition) is 2. The highest BCUT2D eigenvalue weighted by atomic mass is 35.5. The lowest BCUT2D eigenvalue weighted by molar-refractivity contribution is -0.124. The lowest BCUT2D eigenvalue weighted by atomic mass is 9.95. The van der Waals surface area contributed by atoms with E-state index in [1.165, 1.54) is 49.7 Å². The van der Waals surface area contributed by atoms with Crippen molar-refractivity contribution in [2.75, 3.05) is 11.3 Å². The van der Waals surface area contributed by atoms with E-state index in [2.05, 4.69) is 10.0 Å². The molecule has 0 aromatic heterocycles. The molecule has 3 rings (SSSR count). The van der Waals surface area contributed by atoms with Gasteiger partial charge in [0.25, 0.3) is 15.9 Å². The number of nitrogens with one attached hydrogen (secondary N) is 2. The first-order chi connectivity index (χ1) is 15.2. The molecule has 0 atom stereocenters. The summed E-state index contributed by atoms with van der Waals surface area (Å²) in [6, 6.07) is 9.06. The molecule has 2 N–H and O–H groups in total. The van der Waals surface area contributed by atoms with Crippen molar-refractivity contribution in [3.8, 4) is 5.75 Å². The Balaban J connectivity index is 1.71. The molecule has 1 fully saturated rings. The van der Waals surface area contributed by atoms with Crippen molar-refractivity contribution in [1.82, 2.24) is 5.32 Å². The summed E-state index contributed by atoms with van der Waals surface area (Å²) in [7, 11) is -4.03. The van der Waals surface area contributed by atoms with E-state index in [9.17, 15) is 18.0 Å². The molecule has 1 aliphatic carbocycles. The van der Waals surface area contributed by atoms with Crippen LogP contribution < -0.4 is 14.8 Å². The third-order valence-corrected chi connectivity index (χ3v) is 7.24. The SMILES string of the molecule is CC(=O)c1ccc(NS(=O)(=O)c2cc(OCC(=O)NC3CCCCC3)c(C)cc2Cl)cc1. The van der Waals surface area contributed by atoms with E-state index in [-0.39, 0.29) is 40.0 Å². The fourth-order valence-corrected chi connectivity index (χ4v) is 5.30. The molecule has 1 saturated carbocycles. The van der Waals surface area contributed by atoms with Crippen LogP contribution in [0.3, 0.4) is 0 Å². The van der Waals surface area contributed by atoms with Crippen molar-refractivity contribution in [3.05, 3.63) is 52.5 Å². The van der Waals surface area contributed by atoms with Gasteiger partial charge in [-0.15, -0.1) is 0 Å². The summed E-state index contributed by atoms with van der Waals surface area (Å²) in [6.07, 6.45) is 5.33. The second kappa shape index (κ2) is 10.4. The van der Waals surface area contributed by atoms with E-state index >= 15 is 0 Å². The maximum absolute atomic E-state index is 12.9. The quantitative estimate of drug-likeness (QED) is 0.544. The van der Waals surface area contributed by atoms with Crippen molar-refractivity contribution >= 4 is 39.0 Å². The highest BCUT2D eigenvalue weighted by molar-refractivity contribution is 7.92. The van der Waals surface area contributed by atoms with Gasteiger partial charge in [-0.3, -0.25) is 14.3 Å². The number of rotatable bonds is 8. The Morgan fingerprint density at radius 2 is 1.75 bits per heavy atom. The standard InChI is InChI=1S/C23H27ClN2O5S/c1-15-12-20(24)22(32(29,30)26-19-10-8-17(9-11-19)16(2)27)13-21(15)31-14-23(28)25-18-6-4-3-5-7-18/h8-13,18,26H,3-7,14H2,1-2H3,(H,25,28). The molecule has 2 aromatic rings. The van der Waals surface area contributed by atoms with Gasteiger partial charge in [-0.1, -0.05) is 30.9 Å². The van der Waals surface area contributed by atoms with Crippen molar-refractivity contribution < 1.29 is 22.7 Å². The maximum atomic E-state index is 12.9. The van der Waals surface area contributed by atoms with Gasteiger partial charge in [0.05, 0.1) is 5.02 Å². The Hall–Kier alpha value is -2.58. The summed E-state index contributed by atoms with van der Waals surface area (Å²) in [4.78, 5) is 23.5. The Morgan fingerprint density at radius 1 is 1.09 bits per heavy atom. The number of ketones is 1. The summed E-state index contributed by atoms with van der Waals surface area (Å²) in [5, 5.41) is 3.00. The van der Waals surface area contributed by atoms with Crippen LogP contribution in [0.15, 0.2) is 41.3 Å². The molecule has 2 aromatic carbocycles. The number of ether oxygens (including phenoxy) is 1. The predicted molar refractivity (Wildman–Crippen MR) is 124 cm³/mol. The normalized spacial score (nSPS) is 14.6. The summed E-state index contributed by atoms with van der Waals surface area (Å²) in [5.74, 6) is -0.0878. The molecule has 32 heavy (non-hydrogen) atoms. The third-order valence-electron chi connectivity index (χ3n) is 5.39. The maximum Gasteiger partial charge on any atom is 0.263 e. The zero-order chi connectivity index (χ0) is 23.3. The Kier molecular flexibility index (Phi) is 7.79. The number of Topliss-reactive ketones (excluding diaryl/α,β-unsaturated/α-hetero) is 1. The summed E-state index contributed by atoms with van der Waals surface area (Å²) in [6.45, 7) is 2.95. The number of amides is 1.